The van der Waals surface area contributed by atoms with Crippen molar-refractivity contribution in [1.82, 2.24) is 21.2 Å². The summed E-state index contributed by atoms with van der Waals surface area (Å²) in [5.74, 6) is 0. The van der Waals surface area contributed by atoms with Gasteiger partial charge in [-0.2, -0.15) is 0 Å². The molecule has 2 unspecified atom stereocenters. The van der Waals surface area contributed by atoms with Crippen molar-refractivity contribution in [2.75, 3.05) is 13.6 Å². The maximum atomic E-state index is 4.33. The minimum Gasteiger partial charge on any atom is -0.318 e. The molecule has 1 aromatic rings. The number of aromatic nitrogens is 1. The molecule has 0 spiro atoms. The van der Waals surface area contributed by atoms with E-state index in [-0.39, 0.29) is 0 Å². The summed E-state index contributed by atoms with van der Waals surface area (Å²) < 4.78 is 0. The highest BCUT2D eigenvalue weighted by atomic mass is 15.4. The fourth-order valence-electron chi connectivity index (χ4n) is 1.78. The maximum absolute atomic E-state index is 4.33. The van der Waals surface area contributed by atoms with Gasteiger partial charge in [0, 0.05) is 18.8 Å². The van der Waals surface area contributed by atoms with Gasteiger partial charge in [-0.05, 0) is 25.6 Å². The zero-order valence-corrected chi connectivity index (χ0v) is 8.33. The molecular weight excluding hydrogens is 176 g/mol. The zero-order chi connectivity index (χ0) is 9.80. The molecule has 2 rings (SSSR count). The molecule has 1 saturated heterocycles. The summed E-state index contributed by atoms with van der Waals surface area (Å²) in [7, 11) is 1.97. The Balaban J connectivity index is 1.96. The van der Waals surface area contributed by atoms with Crippen LogP contribution in [-0.4, -0.2) is 24.6 Å². The van der Waals surface area contributed by atoms with Crippen LogP contribution in [-0.2, 0) is 0 Å². The molecule has 1 aliphatic rings. The lowest BCUT2D eigenvalue weighted by Crippen LogP contribution is -2.36. The minimum absolute atomic E-state index is 0.342. The molecule has 0 saturated carbocycles. The van der Waals surface area contributed by atoms with Gasteiger partial charge < -0.3 is 5.32 Å². The van der Waals surface area contributed by atoms with Crippen LogP contribution in [0.25, 0.3) is 0 Å². The molecule has 0 amide bonds. The van der Waals surface area contributed by atoms with E-state index in [1.54, 1.807) is 0 Å². The molecule has 0 radical (unpaired) electrons. The van der Waals surface area contributed by atoms with Crippen molar-refractivity contribution < 1.29 is 0 Å². The van der Waals surface area contributed by atoms with Crippen molar-refractivity contribution in [3.63, 3.8) is 0 Å². The third kappa shape index (κ3) is 2.09. The standard InChI is InChI=1S/C10H16N4/c1-11-7-8-6-10(14-13-8)9-4-2-3-5-12-9/h2-5,8,10-11,13-14H,6-7H2,1H3. The zero-order valence-electron chi connectivity index (χ0n) is 8.33. The van der Waals surface area contributed by atoms with Crippen LogP contribution in [0, 0.1) is 0 Å². The Morgan fingerprint density at radius 1 is 1.50 bits per heavy atom. The Bertz CT molecular complexity index is 275. The van der Waals surface area contributed by atoms with Gasteiger partial charge in [-0.3, -0.25) is 10.4 Å². The molecule has 2 atom stereocenters. The number of pyridine rings is 1. The molecule has 1 fully saturated rings. The first-order valence-electron chi connectivity index (χ1n) is 4.96. The van der Waals surface area contributed by atoms with E-state index in [1.165, 1.54) is 0 Å². The number of nitrogens with zero attached hydrogens (tertiary/aromatic N) is 1. The summed E-state index contributed by atoms with van der Waals surface area (Å²) in [5.41, 5.74) is 7.62. The topological polar surface area (TPSA) is 49.0 Å². The monoisotopic (exact) mass is 192 g/mol. The third-order valence-electron chi connectivity index (χ3n) is 2.48. The fraction of sp³-hybridized carbons (Fsp3) is 0.500. The second-order valence-corrected chi connectivity index (χ2v) is 3.59. The van der Waals surface area contributed by atoms with Crippen molar-refractivity contribution >= 4 is 0 Å². The molecule has 76 valence electrons. The summed E-state index contributed by atoms with van der Waals surface area (Å²) in [5, 5.41) is 3.16. The summed E-state index contributed by atoms with van der Waals surface area (Å²) in [6.45, 7) is 0.982. The van der Waals surface area contributed by atoms with Gasteiger partial charge in [-0.1, -0.05) is 6.07 Å². The molecule has 14 heavy (non-hydrogen) atoms. The lowest BCUT2D eigenvalue weighted by Gasteiger charge is -2.07. The molecule has 3 N–H and O–H groups in total. The van der Waals surface area contributed by atoms with E-state index in [9.17, 15) is 0 Å². The van der Waals surface area contributed by atoms with E-state index in [1.807, 2.05) is 25.4 Å². The highest BCUT2D eigenvalue weighted by Crippen LogP contribution is 2.19. The number of likely N-dealkylation sites (N-methyl/N-ethyl adjacent to an activating group) is 1. The molecule has 0 bridgehead atoms. The Labute approximate surface area is 84.1 Å². The van der Waals surface area contributed by atoms with Crippen molar-refractivity contribution in [1.29, 1.82) is 0 Å². The van der Waals surface area contributed by atoms with Gasteiger partial charge in [-0.15, -0.1) is 0 Å². The summed E-state index contributed by atoms with van der Waals surface area (Å²) in [6.07, 6.45) is 2.92. The van der Waals surface area contributed by atoms with Crippen LogP contribution in [0.4, 0.5) is 0 Å². The Hall–Kier alpha value is -0.970. The predicted octanol–water partition coefficient (Wildman–Crippen LogP) is 0.209. The fourth-order valence-corrected chi connectivity index (χ4v) is 1.78. The minimum atomic E-state index is 0.342. The van der Waals surface area contributed by atoms with E-state index < -0.39 is 0 Å². The smallest absolute Gasteiger partial charge is 0.0650 e. The van der Waals surface area contributed by atoms with Gasteiger partial charge in [0.2, 0.25) is 0 Å². The third-order valence-corrected chi connectivity index (χ3v) is 2.48. The maximum Gasteiger partial charge on any atom is 0.0650 e. The molecule has 0 aromatic carbocycles. The highest BCUT2D eigenvalue weighted by Gasteiger charge is 2.24. The first kappa shape index (κ1) is 9.58. The Kier molecular flexibility index (Phi) is 3.08. The van der Waals surface area contributed by atoms with E-state index in [0.717, 1.165) is 18.7 Å². The van der Waals surface area contributed by atoms with Gasteiger partial charge in [0.1, 0.15) is 0 Å². The average Bonchev–Trinajstić information content (AvgIpc) is 2.68. The van der Waals surface area contributed by atoms with Gasteiger partial charge in [0.25, 0.3) is 0 Å². The number of hydrogen-bond acceptors (Lipinski definition) is 4. The first-order valence-corrected chi connectivity index (χ1v) is 4.96. The molecule has 0 aliphatic carbocycles. The van der Waals surface area contributed by atoms with E-state index in [2.05, 4.69) is 27.2 Å². The van der Waals surface area contributed by atoms with Gasteiger partial charge in [0.15, 0.2) is 0 Å². The molecule has 1 aliphatic heterocycles. The van der Waals surface area contributed by atoms with Crippen molar-refractivity contribution in [2.45, 2.75) is 18.5 Å². The van der Waals surface area contributed by atoms with Gasteiger partial charge in [0.05, 0.1) is 11.7 Å². The van der Waals surface area contributed by atoms with Crippen LogP contribution < -0.4 is 16.2 Å². The SMILES string of the molecule is CNCC1CC(c2ccccn2)NN1. The largest absolute Gasteiger partial charge is 0.318 e. The Morgan fingerprint density at radius 3 is 3.14 bits per heavy atom. The van der Waals surface area contributed by atoms with Crippen LogP contribution >= 0.6 is 0 Å². The lowest BCUT2D eigenvalue weighted by molar-refractivity contribution is 0.522. The molecule has 2 heterocycles. The predicted molar refractivity (Wildman–Crippen MR) is 55.6 cm³/mol. The van der Waals surface area contributed by atoms with Crippen LogP contribution in [0.2, 0.25) is 0 Å². The Morgan fingerprint density at radius 2 is 2.43 bits per heavy atom. The van der Waals surface area contributed by atoms with Crippen molar-refractivity contribution in [3.05, 3.63) is 30.1 Å². The molecule has 4 heteroatoms. The van der Waals surface area contributed by atoms with Gasteiger partial charge >= 0.3 is 0 Å². The number of rotatable bonds is 3. The van der Waals surface area contributed by atoms with Crippen molar-refractivity contribution in [3.8, 4) is 0 Å². The second kappa shape index (κ2) is 4.50. The summed E-state index contributed by atoms with van der Waals surface area (Å²) >= 11 is 0. The van der Waals surface area contributed by atoms with Crippen molar-refractivity contribution in [2.24, 2.45) is 0 Å². The van der Waals surface area contributed by atoms with E-state index in [0.29, 0.717) is 12.1 Å². The van der Waals surface area contributed by atoms with E-state index >= 15 is 0 Å². The van der Waals surface area contributed by atoms with Crippen LogP contribution in [0.3, 0.4) is 0 Å². The highest BCUT2D eigenvalue weighted by molar-refractivity contribution is 5.10. The van der Waals surface area contributed by atoms with Crippen LogP contribution in [0.5, 0.6) is 0 Å². The molecule has 1 aromatic heterocycles. The summed E-state index contributed by atoms with van der Waals surface area (Å²) in [4.78, 5) is 4.33. The lowest BCUT2D eigenvalue weighted by atomic mass is 10.1. The number of hydrogen-bond donors (Lipinski definition) is 3. The first-order chi connectivity index (χ1) is 6.90. The quantitative estimate of drug-likeness (QED) is 0.640. The normalized spacial score (nSPS) is 26.6. The number of hydrazine groups is 1. The van der Waals surface area contributed by atoms with E-state index in [4.69, 9.17) is 0 Å². The second-order valence-electron chi connectivity index (χ2n) is 3.59. The van der Waals surface area contributed by atoms with Crippen LogP contribution in [0.15, 0.2) is 24.4 Å². The van der Waals surface area contributed by atoms with Crippen LogP contribution in [0.1, 0.15) is 18.2 Å². The summed E-state index contributed by atoms with van der Waals surface area (Å²) in [6, 6.07) is 6.86. The number of nitrogens with one attached hydrogen (secondary N) is 3. The van der Waals surface area contributed by atoms with Gasteiger partial charge in [-0.25, -0.2) is 5.43 Å². The molecular formula is C10H16N4. The average molecular weight is 192 g/mol. The molecule has 4 nitrogen and oxygen atoms in total.